The Bertz CT molecular complexity index is 985. The summed E-state index contributed by atoms with van der Waals surface area (Å²) in [6, 6.07) is 19.7. The van der Waals surface area contributed by atoms with Crippen LogP contribution < -0.4 is 4.74 Å². The van der Waals surface area contributed by atoms with Crippen molar-refractivity contribution >= 4 is 39.9 Å². The first-order chi connectivity index (χ1) is 11.8. The van der Waals surface area contributed by atoms with Gasteiger partial charge in [-0.05, 0) is 47.9 Å². The lowest BCUT2D eigenvalue weighted by molar-refractivity contribution is 0.344. The summed E-state index contributed by atoms with van der Waals surface area (Å²) in [6.07, 6.45) is 0. The molecule has 0 N–H and O–H groups in total. The molecule has 24 heavy (non-hydrogen) atoms. The molecule has 0 aliphatic heterocycles. The first-order valence-corrected chi connectivity index (χ1v) is 8.92. The number of nitrogens with zero attached hydrogens (tertiary/aromatic N) is 3. The summed E-state index contributed by atoms with van der Waals surface area (Å²) in [5, 5.41) is 11.3. The zero-order valence-electron chi connectivity index (χ0n) is 12.7. The van der Waals surface area contributed by atoms with Gasteiger partial charge in [-0.3, -0.25) is 4.40 Å². The van der Waals surface area contributed by atoms with Crippen molar-refractivity contribution in [3.63, 3.8) is 0 Å². The second-order valence-electron chi connectivity index (χ2n) is 5.22. The van der Waals surface area contributed by atoms with E-state index in [1.54, 1.807) is 11.8 Å². The monoisotopic (exact) mass is 355 g/mol. The first-order valence-electron chi connectivity index (χ1n) is 7.55. The zero-order valence-corrected chi connectivity index (χ0v) is 14.3. The third-order valence-electron chi connectivity index (χ3n) is 3.64. The largest absolute Gasteiger partial charge is 0.493 e. The van der Waals surface area contributed by atoms with E-state index in [1.165, 1.54) is 5.39 Å². The summed E-state index contributed by atoms with van der Waals surface area (Å²) in [4.78, 5) is 0. The van der Waals surface area contributed by atoms with Gasteiger partial charge in [-0.2, -0.15) is 0 Å². The summed E-state index contributed by atoms with van der Waals surface area (Å²) >= 11 is 7.50. The fourth-order valence-electron chi connectivity index (χ4n) is 2.53. The highest BCUT2D eigenvalue weighted by Crippen LogP contribution is 2.23. The topological polar surface area (TPSA) is 39.4 Å². The van der Waals surface area contributed by atoms with E-state index in [-0.39, 0.29) is 0 Å². The van der Waals surface area contributed by atoms with Gasteiger partial charge in [0.1, 0.15) is 5.75 Å². The molecule has 0 atom stereocenters. The molecule has 4 rings (SSSR count). The number of para-hydroxylation sites is 1. The van der Waals surface area contributed by atoms with Crippen LogP contribution in [-0.4, -0.2) is 27.0 Å². The molecule has 0 spiro atoms. The van der Waals surface area contributed by atoms with Gasteiger partial charge < -0.3 is 4.74 Å². The standard InChI is InChI=1S/C18H14ClN3OS/c19-14-6-8-15(9-7-14)23-11-12-24-18-21-20-17-10-5-13-3-1-2-4-16(13)22(17)18/h1-10H,11-12H2. The second kappa shape index (κ2) is 6.71. The minimum absolute atomic E-state index is 0.589. The fraction of sp³-hybridized carbons (Fsp3) is 0.111. The molecule has 0 radical (unpaired) electrons. The van der Waals surface area contributed by atoms with E-state index in [0.717, 1.165) is 27.8 Å². The maximum Gasteiger partial charge on any atom is 0.196 e. The van der Waals surface area contributed by atoms with Gasteiger partial charge in [0, 0.05) is 10.8 Å². The number of thioether (sulfide) groups is 1. The van der Waals surface area contributed by atoms with Crippen molar-refractivity contribution in [2.24, 2.45) is 0 Å². The predicted octanol–water partition coefficient (Wildman–Crippen LogP) is 4.71. The molecular formula is C18H14ClN3OS. The average Bonchev–Trinajstić information content (AvgIpc) is 3.04. The molecule has 0 fully saturated rings. The van der Waals surface area contributed by atoms with Crippen molar-refractivity contribution in [3.8, 4) is 5.75 Å². The van der Waals surface area contributed by atoms with Crippen molar-refractivity contribution in [2.75, 3.05) is 12.4 Å². The van der Waals surface area contributed by atoms with E-state index < -0.39 is 0 Å². The van der Waals surface area contributed by atoms with E-state index in [9.17, 15) is 0 Å². The molecule has 4 nitrogen and oxygen atoms in total. The molecule has 0 bridgehead atoms. The fourth-order valence-corrected chi connectivity index (χ4v) is 3.42. The number of aromatic nitrogens is 3. The molecule has 0 amide bonds. The minimum atomic E-state index is 0.589. The van der Waals surface area contributed by atoms with Crippen LogP contribution in [-0.2, 0) is 0 Å². The molecule has 2 aromatic heterocycles. The Morgan fingerprint density at radius 2 is 1.79 bits per heavy atom. The lowest BCUT2D eigenvalue weighted by Gasteiger charge is -2.06. The van der Waals surface area contributed by atoms with Crippen molar-refractivity contribution in [1.29, 1.82) is 0 Å². The van der Waals surface area contributed by atoms with Crippen LogP contribution in [0.15, 0.2) is 65.8 Å². The van der Waals surface area contributed by atoms with Gasteiger partial charge in [-0.1, -0.05) is 41.6 Å². The van der Waals surface area contributed by atoms with Crippen molar-refractivity contribution in [1.82, 2.24) is 14.6 Å². The number of pyridine rings is 1. The van der Waals surface area contributed by atoms with Gasteiger partial charge in [-0.25, -0.2) is 0 Å². The molecule has 6 heteroatoms. The van der Waals surface area contributed by atoms with E-state index >= 15 is 0 Å². The Balaban J connectivity index is 1.48. The van der Waals surface area contributed by atoms with Gasteiger partial charge in [0.05, 0.1) is 12.1 Å². The predicted molar refractivity (Wildman–Crippen MR) is 98.2 cm³/mol. The maximum absolute atomic E-state index is 5.87. The van der Waals surface area contributed by atoms with Gasteiger partial charge in [-0.15, -0.1) is 10.2 Å². The SMILES string of the molecule is Clc1ccc(OCCSc2nnc3ccc4ccccc4n23)cc1. The third-order valence-corrected chi connectivity index (χ3v) is 4.79. The molecule has 0 saturated heterocycles. The Morgan fingerprint density at radius 1 is 0.958 bits per heavy atom. The molecule has 0 aliphatic rings. The second-order valence-corrected chi connectivity index (χ2v) is 6.72. The summed E-state index contributed by atoms with van der Waals surface area (Å²) in [5.41, 5.74) is 1.97. The summed E-state index contributed by atoms with van der Waals surface area (Å²) < 4.78 is 7.81. The van der Waals surface area contributed by atoms with Gasteiger partial charge >= 0.3 is 0 Å². The van der Waals surface area contributed by atoms with Crippen LogP contribution in [0.5, 0.6) is 5.75 Å². The summed E-state index contributed by atoms with van der Waals surface area (Å²) in [5.74, 6) is 1.60. The van der Waals surface area contributed by atoms with Crippen molar-refractivity contribution in [3.05, 3.63) is 65.7 Å². The van der Waals surface area contributed by atoms with E-state index in [4.69, 9.17) is 16.3 Å². The number of hydrogen-bond acceptors (Lipinski definition) is 4. The molecule has 2 aromatic carbocycles. The normalized spacial score (nSPS) is 11.2. The molecule has 120 valence electrons. The first kappa shape index (κ1) is 15.3. The highest BCUT2D eigenvalue weighted by atomic mass is 35.5. The number of fused-ring (bicyclic) bond motifs is 3. The molecule has 4 aromatic rings. The number of ether oxygens (including phenoxy) is 1. The third kappa shape index (κ3) is 3.05. The van der Waals surface area contributed by atoms with Crippen LogP contribution in [0.1, 0.15) is 0 Å². The van der Waals surface area contributed by atoms with Crippen LogP contribution >= 0.6 is 23.4 Å². The maximum atomic E-state index is 5.87. The molecule has 0 unspecified atom stereocenters. The Morgan fingerprint density at radius 3 is 2.67 bits per heavy atom. The van der Waals surface area contributed by atoms with Crippen LogP contribution in [0.25, 0.3) is 16.6 Å². The molecule has 2 heterocycles. The van der Waals surface area contributed by atoms with E-state index in [1.807, 2.05) is 42.5 Å². The lowest BCUT2D eigenvalue weighted by Crippen LogP contribution is -2.01. The van der Waals surface area contributed by atoms with Gasteiger partial charge in [0.2, 0.25) is 0 Å². The van der Waals surface area contributed by atoms with Crippen LogP contribution in [0.2, 0.25) is 5.02 Å². The van der Waals surface area contributed by atoms with Gasteiger partial charge in [0.25, 0.3) is 0 Å². The molecular weight excluding hydrogens is 342 g/mol. The van der Waals surface area contributed by atoms with Crippen LogP contribution in [0.4, 0.5) is 0 Å². The molecule has 0 saturated carbocycles. The molecule has 0 aliphatic carbocycles. The van der Waals surface area contributed by atoms with E-state index in [2.05, 4.69) is 32.8 Å². The van der Waals surface area contributed by atoms with Gasteiger partial charge in [0.15, 0.2) is 10.8 Å². The van der Waals surface area contributed by atoms with E-state index in [0.29, 0.717) is 11.6 Å². The van der Waals surface area contributed by atoms with Crippen molar-refractivity contribution in [2.45, 2.75) is 5.16 Å². The lowest BCUT2D eigenvalue weighted by atomic mass is 10.2. The number of hydrogen-bond donors (Lipinski definition) is 0. The number of rotatable bonds is 5. The number of benzene rings is 2. The Kier molecular flexibility index (Phi) is 4.28. The minimum Gasteiger partial charge on any atom is -0.493 e. The smallest absolute Gasteiger partial charge is 0.196 e. The highest BCUT2D eigenvalue weighted by molar-refractivity contribution is 7.99. The summed E-state index contributed by atoms with van der Waals surface area (Å²) in [6.45, 7) is 0.589. The highest BCUT2D eigenvalue weighted by Gasteiger charge is 2.09. The van der Waals surface area contributed by atoms with Crippen LogP contribution in [0, 0.1) is 0 Å². The number of halogens is 1. The Hall–Kier alpha value is -2.24. The average molecular weight is 356 g/mol. The van der Waals surface area contributed by atoms with Crippen LogP contribution in [0.3, 0.4) is 0 Å². The Labute approximate surface area is 148 Å². The van der Waals surface area contributed by atoms with Crippen molar-refractivity contribution < 1.29 is 4.74 Å². The summed E-state index contributed by atoms with van der Waals surface area (Å²) in [7, 11) is 0. The quantitative estimate of drug-likeness (QED) is 0.384. The zero-order chi connectivity index (χ0) is 16.4.